The van der Waals surface area contributed by atoms with Crippen LogP contribution >= 0.6 is 0 Å². The number of fused-ring (bicyclic) bond motifs is 1. The summed E-state index contributed by atoms with van der Waals surface area (Å²) in [6.07, 6.45) is 2.03. The van der Waals surface area contributed by atoms with Crippen molar-refractivity contribution in [3.63, 3.8) is 0 Å². The molecule has 0 spiro atoms. The second kappa shape index (κ2) is 7.61. The van der Waals surface area contributed by atoms with E-state index in [1.165, 1.54) is 11.1 Å². The molecular weight excluding hydrogens is 395 g/mol. The monoisotopic (exact) mass is 412 g/mol. The van der Waals surface area contributed by atoms with Gasteiger partial charge in [-0.15, -0.1) is 0 Å². The van der Waals surface area contributed by atoms with Gasteiger partial charge in [-0.2, -0.15) is 31.4 Å². The molecule has 10 heteroatoms. The van der Waals surface area contributed by atoms with Crippen LogP contribution in [0, 0.1) is 25.2 Å². The lowest BCUT2D eigenvalue weighted by atomic mass is 10.1. The van der Waals surface area contributed by atoms with Gasteiger partial charge in [0.05, 0.1) is 7.05 Å². The number of para-hydroxylation sites is 1. The number of nitrogens with zero attached hydrogens (tertiary/aromatic N) is 3. The minimum absolute atomic E-state index is 0.702. The van der Waals surface area contributed by atoms with Gasteiger partial charge in [-0.3, -0.25) is 4.55 Å². The largest absolute Gasteiger partial charge is 0.522 e. The summed E-state index contributed by atoms with van der Waals surface area (Å²) in [5.41, 5.74) is 0.788. The smallest absolute Gasteiger partial charge is 0.279 e. The zero-order valence-corrected chi connectivity index (χ0v) is 16.0. The zero-order chi connectivity index (χ0) is 21.3. The van der Waals surface area contributed by atoms with Gasteiger partial charge in [-0.1, -0.05) is 12.1 Å². The first kappa shape index (κ1) is 21.4. The van der Waals surface area contributed by atoms with Crippen molar-refractivity contribution in [3.05, 3.63) is 59.4 Å². The lowest BCUT2D eigenvalue weighted by molar-refractivity contribution is -0.645. The van der Waals surface area contributed by atoms with Crippen molar-refractivity contribution < 1.29 is 30.7 Å². The summed E-state index contributed by atoms with van der Waals surface area (Å²) >= 11 is 0. The van der Waals surface area contributed by atoms with E-state index in [2.05, 4.69) is 42.7 Å². The van der Waals surface area contributed by atoms with Crippen LogP contribution in [0.25, 0.3) is 16.7 Å². The normalized spacial score (nSPS) is 11.6. The van der Waals surface area contributed by atoms with E-state index in [0.717, 1.165) is 16.7 Å². The van der Waals surface area contributed by atoms with Crippen LogP contribution < -0.4 is 4.57 Å². The van der Waals surface area contributed by atoms with Gasteiger partial charge in [0.1, 0.15) is 17.3 Å². The third kappa shape index (κ3) is 4.49. The molecule has 3 rings (SSSR count). The van der Waals surface area contributed by atoms with Gasteiger partial charge >= 0.3 is 15.6 Å². The maximum Gasteiger partial charge on any atom is 0.522 e. The molecule has 0 aliphatic heterocycles. The molecule has 0 bridgehead atoms. The first-order valence-corrected chi connectivity index (χ1v) is 9.31. The Labute approximate surface area is 159 Å². The highest BCUT2D eigenvalue weighted by molar-refractivity contribution is 7.86. The number of hydrogen-bond acceptors (Lipinski definition) is 3. The molecule has 0 aliphatic carbocycles. The van der Waals surface area contributed by atoms with Crippen LogP contribution in [0.2, 0.25) is 0 Å². The lowest BCUT2D eigenvalue weighted by Gasteiger charge is -2.01. The van der Waals surface area contributed by atoms with Gasteiger partial charge in [0.25, 0.3) is 0 Å². The van der Waals surface area contributed by atoms with Crippen LogP contribution in [-0.2, 0) is 17.2 Å². The summed E-state index contributed by atoms with van der Waals surface area (Å²) in [5, 5.41) is 9.26. The Morgan fingerprint density at radius 1 is 1.14 bits per heavy atom. The number of rotatable bonds is 1. The summed E-state index contributed by atoms with van der Waals surface area (Å²) in [4.78, 5) is 0. The third-order valence-electron chi connectivity index (χ3n) is 3.81. The number of imidazole rings is 1. The number of aryl methyl sites for hydroxylation is 3. The second-order valence-corrected chi connectivity index (χ2v) is 7.56. The van der Waals surface area contributed by atoms with Crippen LogP contribution in [0.1, 0.15) is 16.7 Å². The minimum atomic E-state index is -5.84. The Hall–Kier alpha value is -2.90. The second-order valence-electron chi connectivity index (χ2n) is 6.15. The molecule has 3 aromatic rings. The number of benzene rings is 2. The molecule has 0 atom stereocenters. The van der Waals surface area contributed by atoms with E-state index in [-0.39, 0.29) is 0 Å². The molecule has 0 aliphatic rings. The molecule has 1 heterocycles. The van der Waals surface area contributed by atoms with Gasteiger partial charge in [-0.25, -0.2) is 4.57 Å². The van der Waals surface area contributed by atoms with Crippen LogP contribution in [-0.4, -0.2) is 23.0 Å². The summed E-state index contributed by atoms with van der Waals surface area (Å²) in [5.74, 6) is 0. The third-order valence-corrected chi connectivity index (χ3v) is 4.40. The molecule has 28 heavy (non-hydrogen) atoms. The lowest BCUT2D eigenvalue weighted by Crippen LogP contribution is -2.26. The summed E-state index contributed by atoms with van der Waals surface area (Å²) in [6, 6.07) is 14.6. The highest BCUT2D eigenvalue weighted by atomic mass is 32.2. The van der Waals surface area contributed by atoms with E-state index >= 15 is 0 Å². The summed E-state index contributed by atoms with van der Waals surface area (Å²) < 4.78 is 61.7. The van der Waals surface area contributed by atoms with Gasteiger partial charge in [0.2, 0.25) is 6.33 Å². The molecule has 1 N–H and O–H groups in total. The fraction of sp³-hybridized carbons (Fsp3) is 0.222. The molecular formula is C18H17F3N3O3S+. The van der Waals surface area contributed by atoms with E-state index in [1.807, 2.05) is 36.1 Å². The Bertz CT molecular complexity index is 1160. The van der Waals surface area contributed by atoms with Gasteiger partial charge in [0.15, 0.2) is 11.0 Å². The highest BCUT2D eigenvalue weighted by Gasteiger charge is 2.44. The van der Waals surface area contributed by atoms with Crippen molar-refractivity contribution in [1.29, 1.82) is 5.26 Å². The molecule has 1 aromatic heterocycles. The number of nitriles is 1. The zero-order valence-electron chi connectivity index (χ0n) is 15.2. The van der Waals surface area contributed by atoms with Crippen LogP contribution in [0.5, 0.6) is 0 Å². The minimum Gasteiger partial charge on any atom is -0.279 e. The Morgan fingerprint density at radius 2 is 1.68 bits per heavy atom. The molecule has 6 nitrogen and oxygen atoms in total. The Balaban J connectivity index is 0.000000300. The number of aromatic nitrogens is 2. The molecule has 0 saturated heterocycles. The first-order valence-electron chi connectivity index (χ1n) is 7.87. The van der Waals surface area contributed by atoms with E-state index in [1.54, 1.807) is 0 Å². The SMILES string of the molecule is Cc1cc(C)cc(-n2c[n+](C)c3c(C#N)cccc32)c1.O=S(=O)(O)C(F)(F)F. The van der Waals surface area contributed by atoms with Crippen LogP contribution in [0.15, 0.2) is 42.7 Å². The predicted molar refractivity (Wildman–Crippen MR) is 96.2 cm³/mol. The van der Waals surface area contributed by atoms with Crippen molar-refractivity contribution in [3.8, 4) is 11.8 Å². The quantitative estimate of drug-likeness (QED) is 0.377. The Kier molecular flexibility index (Phi) is 5.82. The van der Waals surface area contributed by atoms with Crippen molar-refractivity contribution >= 4 is 21.2 Å². The first-order chi connectivity index (χ1) is 12.8. The molecule has 148 valence electrons. The molecule has 0 saturated carbocycles. The maximum atomic E-state index is 10.7. The fourth-order valence-electron chi connectivity index (χ4n) is 2.78. The standard InChI is InChI=1S/C17H16N3.CHF3O3S/c1-12-7-13(2)9-15(8-12)20-11-19(3)17-14(10-18)5-4-6-16(17)20;2-1(3,4)8(5,6)7/h4-9,11H,1-3H3;(H,5,6,7)/q+1;. The highest BCUT2D eigenvalue weighted by Crippen LogP contribution is 2.21. The van der Waals surface area contributed by atoms with E-state index in [4.69, 9.17) is 13.0 Å². The van der Waals surface area contributed by atoms with Crippen molar-refractivity contribution in [2.24, 2.45) is 7.05 Å². The predicted octanol–water partition coefficient (Wildman–Crippen LogP) is 3.34. The molecule has 0 fully saturated rings. The average Bonchev–Trinajstić information content (AvgIpc) is 2.90. The fourth-order valence-corrected chi connectivity index (χ4v) is 2.78. The topological polar surface area (TPSA) is 87.0 Å². The Morgan fingerprint density at radius 3 is 2.14 bits per heavy atom. The van der Waals surface area contributed by atoms with E-state index in [9.17, 15) is 18.4 Å². The van der Waals surface area contributed by atoms with Gasteiger partial charge in [-0.05, 0) is 49.2 Å². The van der Waals surface area contributed by atoms with Crippen LogP contribution in [0.4, 0.5) is 13.2 Å². The van der Waals surface area contributed by atoms with Gasteiger partial charge < -0.3 is 0 Å². The molecule has 0 radical (unpaired) electrons. The molecule has 2 aromatic carbocycles. The van der Waals surface area contributed by atoms with Crippen LogP contribution in [0.3, 0.4) is 0 Å². The van der Waals surface area contributed by atoms with Gasteiger partial charge in [0, 0.05) is 0 Å². The van der Waals surface area contributed by atoms with E-state index in [0.29, 0.717) is 5.56 Å². The number of hydrogen-bond donors (Lipinski definition) is 1. The maximum absolute atomic E-state index is 10.7. The summed E-state index contributed by atoms with van der Waals surface area (Å²) in [6.45, 7) is 4.20. The molecule has 0 unspecified atom stereocenters. The van der Waals surface area contributed by atoms with Crippen molar-refractivity contribution in [2.45, 2.75) is 19.4 Å². The average molecular weight is 412 g/mol. The number of alkyl halides is 3. The van der Waals surface area contributed by atoms with E-state index < -0.39 is 15.6 Å². The van der Waals surface area contributed by atoms with Crippen molar-refractivity contribution in [2.75, 3.05) is 0 Å². The number of halogens is 3. The molecule has 0 amide bonds. The summed E-state index contributed by atoms with van der Waals surface area (Å²) in [7, 11) is -3.87. The van der Waals surface area contributed by atoms with Crippen molar-refractivity contribution in [1.82, 2.24) is 4.57 Å².